The van der Waals surface area contributed by atoms with Crippen molar-refractivity contribution in [1.29, 1.82) is 0 Å². The van der Waals surface area contributed by atoms with Gasteiger partial charge in [0, 0.05) is 32.7 Å². The molecule has 3 rings (SSSR count). The Balaban J connectivity index is 1.49. The lowest BCUT2D eigenvalue weighted by molar-refractivity contribution is -0.274. The lowest BCUT2D eigenvalue weighted by atomic mass is 9.93. The Morgan fingerprint density at radius 3 is 2.16 bits per heavy atom. The third-order valence-electron chi connectivity index (χ3n) is 6.03. The molecule has 2 aliphatic rings. The van der Waals surface area contributed by atoms with Gasteiger partial charge >= 0.3 is 12.4 Å². The van der Waals surface area contributed by atoms with Crippen LogP contribution in [0.15, 0.2) is 24.3 Å². The zero-order chi connectivity index (χ0) is 23.5. The first kappa shape index (κ1) is 23.8. The van der Waals surface area contributed by atoms with Gasteiger partial charge in [0.05, 0.1) is 0 Å². The number of hydrogen-bond donors (Lipinski definition) is 1. The first-order chi connectivity index (χ1) is 15.1. The van der Waals surface area contributed by atoms with Gasteiger partial charge in [0.1, 0.15) is 17.8 Å². The van der Waals surface area contributed by atoms with E-state index in [1.807, 2.05) is 13.8 Å². The van der Waals surface area contributed by atoms with Crippen LogP contribution in [0.1, 0.15) is 32.3 Å². The molecule has 2 aliphatic heterocycles. The minimum atomic E-state index is -4.72. The maximum atomic E-state index is 12.7. The summed E-state index contributed by atoms with van der Waals surface area (Å²) in [4.78, 5) is 42.3. The molecule has 0 unspecified atom stereocenters. The van der Waals surface area contributed by atoms with Crippen molar-refractivity contribution < 1.29 is 32.3 Å². The van der Waals surface area contributed by atoms with Crippen molar-refractivity contribution in [2.75, 3.05) is 32.7 Å². The average molecular weight is 456 g/mol. The monoisotopic (exact) mass is 456 g/mol. The van der Waals surface area contributed by atoms with Crippen LogP contribution >= 0.6 is 0 Å². The number of halogens is 3. The fraction of sp³-hybridized carbons (Fsp3) is 0.571. The van der Waals surface area contributed by atoms with E-state index in [0.29, 0.717) is 45.6 Å². The van der Waals surface area contributed by atoms with Crippen molar-refractivity contribution in [3.05, 3.63) is 29.8 Å². The van der Waals surface area contributed by atoms with Crippen molar-refractivity contribution in [3.8, 4) is 5.75 Å². The van der Waals surface area contributed by atoms with Gasteiger partial charge in [0.15, 0.2) is 0 Å². The van der Waals surface area contributed by atoms with E-state index in [2.05, 4.69) is 15.0 Å². The molecule has 0 spiro atoms. The highest BCUT2D eigenvalue weighted by Crippen LogP contribution is 2.25. The van der Waals surface area contributed by atoms with Gasteiger partial charge in [-0.25, -0.2) is 4.79 Å². The second-order valence-electron chi connectivity index (χ2n) is 7.96. The molecule has 2 fully saturated rings. The number of nitrogens with zero attached hydrogens (tertiary/aromatic N) is 3. The smallest absolute Gasteiger partial charge is 0.406 e. The average Bonchev–Trinajstić information content (AvgIpc) is 2.99. The number of imide groups is 1. The Morgan fingerprint density at radius 2 is 1.66 bits per heavy atom. The molecule has 11 heteroatoms. The molecule has 1 aromatic rings. The highest BCUT2D eigenvalue weighted by Gasteiger charge is 2.49. The lowest BCUT2D eigenvalue weighted by Crippen LogP contribution is -2.52. The number of carbonyl (C=O) groups is 3. The van der Waals surface area contributed by atoms with Crippen molar-refractivity contribution in [2.45, 2.75) is 45.1 Å². The predicted octanol–water partition coefficient (Wildman–Crippen LogP) is 2.34. The molecular weight excluding hydrogens is 429 g/mol. The zero-order valence-corrected chi connectivity index (χ0v) is 18.1. The Labute approximate surface area is 184 Å². The Kier molecular flexibility index (Phi) is 6.97. The van der Waals surface area contributed by atoms with Crippen LogP contribution in [0.5, 0.6) is 5.75 Å². The standard InChI is InChI=1S/C21H27F3N4O4/c1-3-20(4-2)18(30)28(19(31)25-20)14-17(29)27-11-9-26(10-12-27)13-15-5-7-16(8-6-15)32-21(22,23)24/h5-8H,3-4,9-14H2,1-2H3,(H,25,31). The maximum absolute atomic E-state index is 12.7. The Morgan fingerprint density at radius 1 is 1.06 bits per heavy atom. The highest BCUT2D eigenvalue weighted by molar-refractivity contribution is 6.09. The molecule has 2 saturated heterocycles. The summed E-state index contributed by atoms with van der Waals surface area (Å²) < 4.78 is 40.6. The number of amides is 4. The van der Waals surface area contributed by atoms with Crippen LogP contribution < -0.4 is 10.1 Å². The van der Waals surface area contributed by atoms with E-state index in [1.165, 1.54) is 12.1 Å². The number of piperazine rings is 1. The minimum Gasteiger partial charge on any atom is -0.406 e. The molecule has 0 radical (unpaired) electrons. The van der Waals surface area contributed by atoms with E-state index < -0.39 is 17.9 Å². The number of alkyl halides is 3. The molecule has 0 atom stereocenters. The first-order valence-electron chi connectivity index (χ1n) is 10.6. The molecule has 176 valence electrons. The van der Waals surface area contributed by atoms with Gasteiger partial charge in [-0.2, -0.15) is 0 Å². The Bertz CT molecular complexity index is 848. The van der Waals surface area contributed by atoms with Gasteiger partial charge in [-0.15, -0.1) is 13.2 Å². The molecule has 4 amide bonds. The van der Waals surface area contributed by atoms with Crippen LogP contribution in [0.3, 0.4) is 0 Å². The number of carbonyl (C=O) groups excluding carboxylic acids is 3. The van der Waals surface area contributed by atoms with Crippen LogP contribution in [-0.2, 0) is 16.1 Å². The number of ether oxygens (including phenoxy) is 1. The van der Waals surface area contributed by atoms with E-state index in [1.54, 1.807) is 17.0 Å². The molecule has 32 heavy (non-hydrogen) atoms. The summed E-state index contributed by atoms with van der Waals surface area (Å²) in [5.41, 5.74) is -0.106. The third kappa shape index (κ3) is 5.32. The molecular formula is C21H27F3N4O4. The van der Waals surface area contributed by atoms with Crippen LogP contribution in [0.25, 0.3) is 0 Å². The van der Waals surface area contributed by atoms with E-state index in [9.17, 15) is 27.6 Å². The summed E-state index contributed by atoms with van der Waals surface area (Å²) in [6.07, 6.45) is -3.80. The number of urea groups is 1. The van der Waals surface area contributed by atoms with Gasteiger partial charge in [-0.05, 0) is 30.5 Å². The van der Waals surface area contributed by atoms with Gasteiger partial charge in [0.2, 0.25) is 5.91 Å². The van der Waals surface area contributed by atoms with Crippen LogP contribution in [0.4, 0.5) is 18.0 Å². The quantitative estimate of drug-likeness (QED) is 0.637. The molecule has 1 aromatic carbocycles. The molecule has 2 heterocycles. The highest BCUT2D eigenvalue weighted by atomic mass is 19.4. The summed E-state index contributed by atoms with van der Waals surface area (Å²) in [6, 6.07) is 5.15. The second kappa shape index (κ2) is 9.35. The number of rotatable bonds is 7. The number of nitrogens with one attached hydrogen (secondary N) is 1. The lowest BCUT2D eigenvalue weighted by Gasteiger charge is -2.35. The maximum Gasteiger partial charge on any atom is 0.573 e. The fourth-order valence-corrected chi connectivity index (χ4v) is 3.99. The Hall–Kier alpha value is -2.82. The van der Waals surface area contributed by atoms with Crippen LogP contribution in [0.2, 0.25) is 0 Å². The van der Waals surface area contributed by atoms with E-state index in [-0.39, 0.29) is 24.1 Å². The predicted molar refractivity (Wildman–Crippen MR) is 109 cm³/mol. The number of benzene rings is 1. The van der Waals surface area contributed by atoms with Crippen molar-refractivity contribution in [3.63, 3.8) is 0 Å². The second-order valence-corrected chi connectivity index (χ2v) is 7.96. The third-order valence-corrected chi connectivity index (χ3v) is 6.03. The SMILES string of the molecule is CCC1(CC)NC(=O)N(CC(=O)N2CCN(Cc3ccc(OC(F)(F)F)cc3)CC2)C1=O. The van der Waals surface area contributed by atoms with Gasteiger partial charge in [-0.3, -0.25) is 19.4 Å². The van der Waals surface area contributed by atoms with Crippen molar-refractivity contribution >= 4 is 17.8 Å². The van der Waals surface area contributed by atoms with Gasteiger partial charge < -0.3 is 15.0 Å². The number of hydrogen-bond acceptors (Lipinski definition) is 5. The van der Waals surface area contributed by atoms with Gasteiger partial charge in [-0.1, -0.05) is 26.0 Å². The first-order valence-corrected chi connectivity index (χ1v) is 10.6. The van der Waals surface area contributed by atoms with Crippen molar-refractivity contribution in [1.82, 2.24) is 20.0 Å². The zero-order valence-electron chi connectivity index (χ0n) is 18.1. The molecule has 8 nitrogen and oxygen atoms in total. The molecule has 0 bridgehead atoms. The van der Waals surface area contributed by atoms with E-state index >= 15 is 0 Å². The normalized spacial score (nSPS) is 19.3. The summed E-state index contributed by atoms with van der Waals surface area (Å²) in [5.74, 6) is -0.922. The van der Waals surface area contributed by atoms with Gasteiger partial charge in [0.25, 0.3) is 5.91 Å². The molecule has 0 aromatic heterocycles. The fourth-order valence-electron chi connectivity index (χ4n) is 3.99. The van der Waals surface area contributed by atoms with E-state index in [0.717, 1.165) is 10.5 Å². The topological polar surface area (TPSA) is 82.2 Å². The summed E-state index contributed by atoms with van der Waals surface area (Å²) in [7, 11) is 0. The molecule has 0 aliphatic carbocycles. The summed E-state index contributed by atoms with van der Waals surface area (Å²) in [6.45, 7) is 5.90. The van der Waals surface area contributed by atoms with Crippen molar-refractivity contribution in [2.24, 2.45) is 0 Å². The minimum absolute atomic E-state index is 0.271. The largest absolute Gasteiger partial charge is 0.573 e. The van der Waals surface area contributed by atoms with Crippen LogP contribution in [0, 0.1) is 0 Å². The van der Waals surface area contributed by atoms with Crippen LogP contribution in [-0.4, -0.2) is 77.2 Å². The molecule has 0 saturated carbocycles. The summed E-state index contributed by atoms with van der Waals surface area (Å²) >= 11 is 0. The summed E-state index contributed by atoms with van der Waals surface area (Å²) in [5, 5.41) is 2.71. The van der Waals surface area contributed by atoms with E-state index in [4.69, 9.17) is 0 Å². The molecule has 1 N–H and O–H groups in total.